The Morgan fingerprint density at radius 2 is 2.33 bits per heavy atom. The molecule has 0 unspecified atom stereocenters. The van der Waals surface area contributed by atoms with E-state index in [9.17, 15) is 0 Å². The second-order valence-corrected chi connectivity index (χ2v) is 3.32. The van der Waals surface area contributed by atoms with E-state index in [1.165, 1.54) is 0 Å². The van der Waals surface area contributed by atoms with E-state index in [0.717, 1.165) is 15.8 Å². The number of aryl methyl sites for hydroxylation is 1. The predicted octanol–water partition coefficient (Wildman–Crippen LogP) is 2.77. The van der Waals surface area contributed by atoms with Crippen molar-refractivity contribution in [2.75, 3.05) is 6.61 Å². The first-order valence-electron chi connectivity index (χ1n) is 3.56. The highest BCUT2D eigenvalue weighted by molar-refractivity contribution is 9.10. The molecule has 0 N–H and O–H groups in total. The lowest BCUT2D eigenvalue weighted by molar-refractivity contribution is 0.367. The summed E-state index contributed by atoms with van der Waals surface area (Å²) >= 11 is 3.36. The zero-order chi connectivity index (χ0) is 8.97. The second kappa shape index (κ2) is 4.18. The summed E-state index contributed by atoms with van der Waals surface area (Å²) < 4.78 is 6.30. The van der Waals surface area contributed by atoms with Crippen molar-refractivity contribution in [3.8, 4) is 18.1 Å². The van der Waals surface area contributed by atoms with Crippen LogP contribution < -0.4 is 4.74 Å². The van der Waals surface area contributed by atoms with Gasteiger partial charge < -0.3 is 4.74 Å². The van der Waals surface area contributed by atoms with Crippen LogP contribution in [0.2, 0.25) is 0 Å². The maximum absolute atomic E-state index is 5.30. The Bertz CT molecular complexity index is 312. The van der Waals surface area contributed by atoms with Gasteiger partial charge in [-0.25, -0.2) is 0 Å². The molecule has 0 aliphatic carbocycles. The third-order valence-electron chi connectivity index (χ3n) is 1.46. The molecule has 0 aliphatic rings. The zero-order valence-electron chi connectivity index (χ0n) is 6.80. The maximum Gasteiger partial charge on any atom is 0.148 e. The lowest BCUT2D eigenvalue weighted by Gasteiger charge is -2.05. The fourth-order valence-corrected chi connectivity index (χ4v) is 1.19. The summed E-state index contributed by atoms with van der Waals surface area (Å²) in [5, 5.41) is 0. The normalized spacial score (nSPS) is 9.08. The monoisotopic (exact) mass is 224 g/mol. The van der Waals surface area contributed by atoms with Gasteiger partial charge in [0.15, 0.2) is 0 Å². The minimum absolute atomic E-state index is 0.317. The molecule has 0 aromatic heterocycles. The minimum Gasteiger partial charge on any atom is -0.481 e. The Hall–Kier alpha value is -0.940. The molecule has 0 saturated heterocycles. The van der Waals surface area contributed by atoms with Gasteiger partial charge in [0.25, 0.3) is 0 Å². The molecule has 0 bridgehead atoms. The highest BCUT2D eigenvalue weighted by atomic mass is 79.9. The Balaban J connectivity index is 2.84. The maximum atomic E-state index is 5.30. The van der Waals surface area contributed by atoms with Crippen LogP contribution in [0.5, 0.6) is 5.75 Å². The van der Waals surface area contributed by atoms with E-state index in [1.54, 1.807) is 0 Å². The van der Waals surface area contributed by atoms with E-state index in [1.807, 2.05) is 25.1 Å². The Morgan fingerprint density at radius 1 is 1.58 bits per heavy atom. The summed E-state index contributed by atoms with van der Waals surface area (Å²) in [4.78, 5) is 0. The van der Waals surface area contributed by atoms with E-state index >= 15 is 0 Å². The highest BCUT2D eigenvalue weighted by Gasteiger charge is 1.98. The van der Waals surface area contributed by atoms with E-state index in [2.05, 4.69) is 21.9 Å². The quantitative estimate of drug-likeness (QED) is 0.703. The number of hydrogen-bond acceptors (Lipinski definition) is 1. The van der Waals surface area contributed by atoms with Crippen molar-refractivity contribution in [2.24, 2.45) is 0 Å². The van der Waals surface area contributed by atoms with Gasteiger partial charge >= 0.3 is 0 Å². The van der Waals surface area contributed by atoms with Crippen LogP contribution in [0.4, 0.5) is 0 Å². The van der Waals surface area contributed by atoms with Crippen molar-refractivity contribution in [3.05, 3.63) is 28.2 Å². The molecule has 0 heterocycles. The van der Waals surface area contributed by atoms with Crippen LogP contribution in [-0.2, 0) is 0 Å². The molecule has 1 nitrogen and oxygen atoms in total. The van der Waals surface area contributed by atoms with Gasteiger partial charge in [0, 0.05) is 4.47 Å². The molecule has 12 heavy (non-hydrogen) atoms. The average Bonchev–Trinajstić information content (AvgIpc) is 2.07. The Labute approximate surface area is 80.9 Å². The van der Waals surface area contributed by atoms with Crippen molar-refractivity contribution in [2.45, 2.75) is 6.92 Å². The molecule has 2 heteroatoms. The van der Waals surface area contributed by atoms with Crippen LogP contribution in [-0.4, -0.2) is 6.61 Å². The SMILES string of the molecule is C#CCOc1cc(Br)ccc1C. The van der Waals surface area contributed by atoms with E-state index in [-0.39, 0.29) is 0 Å². The molecule has 0 amide bonds. The van der Waals surface area contributed by atoms with E-state index in [4.69, 9.17) is 11.2 Å². The lowest BCUT2D eigenvalue weighted by atomic mass is 10.2. The van der Waals surface area contributed by atoms with Crippen LogP contribution in [0.3, 0.4) is 0 Å². The third-order valence-corrected chi connectivity index (χ3v) is 1.95. The minimum atomic E-state index is 0.317. The molecule has 1 aromatic rings. The lowest BCUT2D eigenvalue weighted by Crippen LogP contribution is -1.95. The molecule has 0 aliphatic heterocycles. The van der Waals surface area contributed by atoms with Crippen molar-refractivity contribution in [3.63, 3.8) is 0 Å². The molecular weight excluding hydrogens is 216 g/mol. The van der Waals surface area contributed by atoms with E-state index in [0.29, 0.717) is 6.61 Å². The number of benzene rings is 1. The first-order valence-corrected chi connectivity index (χ1v) is 4.36. The van der Waals surface area contributed by atoms with Crippen LogP contribution in [0, 0.1) is 19.3 Å². The van der Waals surface area contributed by atoms with Crippen molar-refractivity contribution in [1.29, 1.82) is 0 Å². The van der Waals surface area contributed by atoms with Crippen molar-refractivity contribution in [1.82, 2.24) is 0 Å². The Kier molecular flexibility index (Phi) is 3.19. The van der Waals surface area contributed by atoms with Crippen LogP contribution in [0.1, 0.15) is 5.56 Å². The van der Waals surface area contributed by atoms with Crippen LogP contribution in [0.25, 0.3) is 0 Å². The zero-order valence-corrected chi connectivity index (χ0v) is 8.39. The third kappa shape index (κ3) is 2.28. The number of halogens is 1. The molecular formula is C10H9BrO. The molecule has 0 atom stereocenters. The van der Waals surface area contributed by atoms with Gasteiger partial charge in [-0.2, -0.15) is 0 Å². The molecule has 1 rings (SSSR count). The standard InChI is InChI=1S/C10H9BrO/c1-3-6-12-10-7-9(11)5-4-8(10)2/h1,4-5,7H,6H2,2H3. The van der Waals surface area contributed by atoms with Gasteiger partial charge in [0.2, 0.25) is 0 Å². The summed E-state index contributed by atoms with van der Waals surface area (Å²) in [6, 6.07) is 5.86. The van der Waals surface area contributed by atoms with Gasteiger partial charge in [0.05, 0.1) is 0 Å². The average molecular weight is 225 g/mol. The van der Waals surface area contributed by atoms with Crippen LogP contribution in [0.15, 0.2) is 22.7 Å². The van der Waals surface area contributed by atoms with E-state index < -0.39 is 0 Å². The fourth-order valence-electron chi connectivity index (χ4n) is 0.849. The molecule has 0 fully saturated rings. The first kappa shape index (κ1) is 9.15. The summed E-state index contributed by atoms with van der Waals surface area (Å²) in [5.41, 5.74) is 1.09. The number of ether oxygens (including phenoxy) is 1. The van der Waals surface area contributed by atoms with Crippen molar-refractivity contribution < 1.29 is 4.74 Å². The molecule has 0 spiro atoms. The summed E-state index contributed by atoms with van der Waals surface area (Å²) in [6.07, 6.45) is 5.08. The first-order chi connectivity index (χ1) is 5.74. The predicted molar refractivity (Wildman–Crippen MR) is 53.2 cm³/mol. The molecule has 1 aromatic carbocycles. The highest BCUT2D eigenvalue weighted by Crippen LogP contribution is 2.22. The van der Waals surface area contributed by atoms with Gasteiger partial charge in [-0.15, -0.1) is 6.42 Å². The van der Waals surface area contributed by atoms with Crippen LogP contribution >= 0.6 is 15.9 Å². The molecule has 62 valence electrons. The second-order valence-electron chi connectivity index (χ2n) is 2.40. The number of rotatable bonds is 2. The number of hydrogen-bond donors (Lipinski definition) is 0. The van der Waals surface area contributed by atoms with Gasteiger partial charge in [0.1, 0.15) is 12.4 Å². The fraction of sp³-hybridized carbons (Fsp3) is 0.200. The van der Waals surface area contributed by atoms with Gasteiger partial charge in [-0.1, -0.05) is 27.9 Å². The summed E-state index contributed by atoms with van der Waals surface area (Å²) in [5.74, 6) is 3.26. The Morgan fingerprint density at radius 3 is 3.00 bits per heavy atom. The van der Waals surface area contributed by atoms with Crippen molar-refractivity contribution >= 4 is 15.9 Å². The summed E-state index contributed by atoms with van der Waals surface area (Å²) in [7, 11) is 0. The van der Waals surface area contributed by atoms with Gasteiger partial charge in [-0.05, 0) is 24.6 Å². The van der Waals surface area contributed by atoms with Gasteiger partial charge in [-0.3, -0.25) is 0 Å². The largest absolute Gasteiger partial charge is 0.481 e. The summed E-state index contributed by atoms with van der Waals surface area (Å²) in [6.45, 7) is 2.30. The molecule has 0 radical (unpaired) electrons. The molecule has 0 saturated carbocycles. The number of terminal acetylenes is 1. The topological polar surface area (TPSA) is 9.23 Å². The smallest absolute Gasteiger partial charge is 0.148 e.